The zero-order valence-electron chi connectivity index (χ0n) is 10.1. The van der Waals surface area contributed by atoms with E-state index < -0.39 is 0 Å². The molecule has 0 heterocycles. The van der Waals surface area contributed by atoms with Gasteiger partial charge in [-0.15, -0.1) is 6.58 Å². The van der Waals surface area contributed by atoms with Gasteiger partial charge in [0.1, 0.15) is 0 Å². The molecule has 0 heteroatoms. The zero-order chi connectivity index (χ0) is 11.1. The molecule has 0 saturated heterocycles. The number of aryl methyl sites for hydroxylation is 2. The van der Waals surface area contributed by atoms with Crippen molar-refractivity contribution in [3.05, 3.63) is 47.5 Å². The minimum atomic E-state index is 1.15. The van der Waals surface area contributed by atoms with Gasteiger partial charge >= 0.3 is 0 Å². The SMILES string of the molecule is C=C(C)CCCc1ccc(CCC)cc1. The highest BCUT2D eigenvalue weighted by atomic mass is 14.0. The largest absolute Gasteiger partial charge is 0.100 e. The fraction of sp³-hybridized carbons (Fsp3) is 0.467. The summed E-state index contributed by atoms with van der Waals surface area (Å²) in [5.74, 6) is 0. The normalized spacial score (nSPS) is 10.3. The molecule has 0 aliphatic rings. The van der Waals surface area contributed by atoms with Crippen LogP contribution in [0.5, 0.6) is 0 Å². The molecule has 0 aromatic heterocycles. The predicted octanol–water partition coefficient (Wildman–Crippen LogP) is 4.54. The fourth-order valence-electron chi connectivity index (χ4n) is 1.76. The van der Waals surface area contributed by atoms with Crippen LogP contribution in [0, 0.1) is 0 Å². The van der Waals surface area contributed by atoms with Crippen molar-refractivity contribution in [2.75, 3.05) is 0 Å². The number of rotatable bonds is 6. The molecule has 1 aromatic rings. The van der Waals surface area contributed by atoms with E-state index in [1.165, 1.54) is 42.4 Å². The molecule has 0 aliphatic heterocycles. The molecule has 0 nitrogen and oxygen atoms in total. The van der Waals surface area contributed by atoms with Crippen LogP contribution in [-0.2, 0) is 12.8 Å². The van der Waals surface area contributed by atoms with Crippen molar-refractivity contribution in [1.82, 2.24) is 0 Å². The van der Waals surface area contributed by atoms with E-state index in [-0.39, 0.29) is 0 Å². The average molecular weight is 202 g/mol. The van der Waals surface area contributed by atoms with Crippen molar-refractivity contribution < 1.29 is 0 Å². The Hall–Kier alpha value is -1.04. The fourth-order valence-corrected chi connectivity index (χ4v) is 1.76. The van der Waals surface area contributed by atoms with E-state index in [0.29, 0.717) is 0 Å². The summed E-state index contributed by atoms with van der Waals surface area (Å²) in [5.41, 5.74) is 4.20. The third kappa shape index (κ3) is 4.83. The maximum absolute atomic E-state index is 3.92. The summed E-state index contributed by atoms with van der Waals surface area (Å²) in [6.45, 7) is 8.25. The molecular formula is C15H22. The van der Waals surface area contributed by atoms with E-state index in [9.17, 15) is 0 Å². The molecule has 82 valence electrons. The second-order valence-corrected chi connectivity index (χ2v) is 4.38. The van der Waals surface area contributed by atoms with Crippen molar-refractivity contribution in [3.8, 4) is 0 Å². The third-order valence-corrected chi connectivity index (χ3v) is 2.63. The Morgan fingerprint density at radius 2 is 1.60 bits per heavy atom. The second kappa shape index (κ2) is 6.44. The van der Waals surface area contributed by atoms with Crippen LogP contribution in [0.4, 0.5) is 0 Å². The van der Waals surface area contributed by atoms with Gasteiger partial charge in [-0.05, 0) is 43.7 Å². The molecule has 0 saturated carbocycles. The molecule has 0 amide bonds. The van der Waals surface area contributed by atoms with Crippen LogP contribution >= 0.6 is 0 Å². The summed E-state index contributed by atoms with van der Waals surface area (Å²) in [4.78, 5) is 0. The summed E-state index contributed by atoms with van der Waals surface area (Å²) < 4.78 is 0. The quantitative estimate of drug-likeness (QED) is 0.594. The van der Waals surface area contributed by atoms with Crippen LogP contribution in [0.1, 0.15) is 44.2 Å². The highest BCUT2D eigenvalue weighted by Gasteiger charge is 1.95. The molecule has 0 atom stereocenters. The minimum Gasteiger partial charge on any atom is -0.100 e. The third-order valence-electron chi connectivity index (χ3n) is 2.63. The van der Waals surface area contributed by atoms with Crippen LogP contribution in [0.3, 0.4) is 0 Å². The van der Waals surface area contributed by atoms with Gasteiger partial charge in [-0.1, -0.05) is 43.2 Å². The lowest BCUT2D eigenvalue weighted by Gasteiger charge is -2.03. The topological polar surface area (TPSA) is 0 Å². The first-order valence-electron chi connectivity index (χ1n) is 5.94. The van der Waals surface area contributed by atoms with E-state index in [1.807, 2.05) is 0 Å². The van der Waals surface area contributed by atoms with Crippen molar-refractivity contribution in [2.24, 2.45) is 0 Å². The Bertz CT molecular complexity index is 292. The molecule has 0 aliphatic carbocycles. The Morgan fingerprint density at radius 1 is 1.07 bits per heavy atom. The van der Waals surface area contributed by atoms with Gasteiger partial charge in [0.15, 0.2) is 0 Å². The maximum atomic E-state index is 3.92. The first kappa shape index (κ1) is 12.0. The number of benzene rings is 1. The van der Waals surface area contributed by atoms with Gasteiger partial charge in [0, 0.05) is 0 Å². The number of hydrogen-bond donors (Lipinski definition) is 0. The highest BCUT2D eigenvalue weighted by molar-refractivity contribution is 5.22. The standard InChI is InChI=1S/C15H22/c1-4-6-14-9-11-15(12-10-14)8-5-7-13(2)3/h9-12H,2,4-8H2,1,3H3. The van der Waals surface area contributed by atoms with Gasteiger partial charge < -0.3 is 0 Å². The summed E-state index contributed by atoms with van der Waals surface area (Å²) in [6, 6.07) is 9.06. The van der Waals surface area contributed by atoms with Gasteiger partial charge in [0.05, 0.1) is 0 Å². The highest BCUT2D eigenvalue weighted by Crippen LogP contribution is 2.11. The van der Waals surface area contributed by atoms with Crippen LogP contribution in [0.15, 0.2) is 36.4 Å². The van der Waals surface area contributed by atoms with Crippen LogP contribution < -0.4 is 0 Å². The summed E-state index contributed by atoms with van der Waals surface area (Å²) in [7, 11) is 0. The molecule has 1 aromatic carbocycles. The molecule has 0 bridgehead atoms. The lowest BCUT2D eigenvalue weighted by molar-refractivity contribution is 0.812. The predicted molar refractivity (Wildman–Crippen MR) is 68.2 cm³/mol. The van der Waals surface area contributed by atoms with Gasteiger partial charge in [-0.25, -0.2) is 0 Å². The molecule has 0 radical (unpaired) electrons. The zero-order valence-corrected chi connectivity index (χ0v) is 10.1. The molecule has 0 fully saturated rings. The van der Waals surface area contributed by atoms with Gasteiger partial charge in [-0.2, -0.15) is 0 Å². The Morgan fingerprint density at radius 3 is 2.07 bits per heavy atom. The monoisotopic (exact) mass is 202 g/mol. The summed E-state index contributed by atoms with van der Waals surface area (Å²) in [5, 5.41) is 0. The average Bonchev–Trinajstić information content (AvgIpc) is 2.20. The first-order chi connectivity index (χ1) is 7.22. The Labute approximate surface area is 94.0 Å². The first-order valence-corrected chi connectivity index (χ1v) is 5.94. The molecule has 15 heavy (non-hydrogen) atoms. The van der Waals surface area contributed by atoms with Crippen molar-refractivity contribution >= 4 is 0 Å². The van der Waals surface area contributed by atoms with Crippen LogP contribution in [0.25, 0.3) is 0 Å². The van der Waals surface area contributed by atoms with Crippen LogP contribution in [-0.4, -0.2) is 0 Å². The van der Waals surface area contributed by atoms with Gasteiger partial charge in [-0.3, -0.25) is 0 Å². The second-order valence-electron chi connectivity index (χ2n) is 4.38. The summed E-state index contributed by atoms with van der Waals surface area (Å²) in [6.07, 6.45) is 5.99. The smallest absolute Gasteiger partial charge is 0.0276 e. The van der Waals surface area contributed by atoms with Crippen LogP contribution in [0.2, 0.25) is 0 Å². The van der Waals surface area contributed by atoms with E-state index >= 15 is 0 Å². The number of hydrogen-bond acceptors (Lipinski definition) is 0. The maximum Gasteiger partial charge on any atom is -0.0276 e. The molecular weight excluding hydrogens is 180 g/mol. The van der Waals surface area contributed by atoms with Gasteiger partial charge in [0.25, 0.3) is 0 Å². The molecule has 0 N–H and O–H groups in total. The lowest BCUT2D eigenvalue weighted by Crippen LogP contribution is -1.88. The molecule has 0 unspecified atom stereocenters. The van der Waals surface area contributed by atoms with E-state index in [1.54, 1.807) is 0 Å². The van der Waals surface area contributed by atoms with E-state index in [4.69, 9.17) is 0 Å². The lowest BCUT2D eigenvalue weighted by atomic mass is 10.0. The summed E-state index contributed by atoms with van der Waals surface area (Å²) >= 11 is 0. The van der Waals surface area contributed by atoms with E-state index in [0.717, 1.165) is 6.42 Å². The number of allylic oxidation sites excluding steroid dienone is 1. The Balaban J connectivity index is 2.39. The minimum absolute atomic E-state index is 1.15. The van der Waals surface area contributed by atoms with Gasteiger partial charge in [0.2, 0.25) is 0 Å². The van der Waals surface area contributed by atoms with E-state index in [2.05, 4.69) is 44.7 Å². The van der Waals surface area contributed by atoms with Crippen molar-refractivity contribution in [3.63, 3.8) is 0 Å². The molecule has 0 spiro atoms. The van der Waals surface area contributed by atoms with Crippen molar-refractivity contribution in [2.45, 2.75) is 46.0 Å². The van der Waals surface area contributed by atoms with Crippen molar-refractivity contribution in [1.29, 1.82) is 0 Å². The molecule has 1 rings (SSSR count). The Kier molecular flexibility index (Phi) is 5.17.